The van der Waals surface area contributed by atoms with E-state index in [0.29, 0.717) is 11.6 Å². The maximum Gasteiger partial charge on any atom is 0.267 e. The third-order valence-electron chi connectivity index (χ3n) is 4.93. The molecule has 0 saturated heterocycles. The molecule has 30 heavy (non-hydrogen) atoms. The van der Waals surface area contributed by atoms with Crippen LogP contribution in [0, 0.1) is 6.92 Å². The average molecular weight is 400 g/mol. The SMILES string of the molecule is CCCc1ccnc(-c2ccnc(Nc3cc(C)c4[nH]c(C(=O)NC)cc4c3)n2)c1. The molecule has 0 bridgehead atoms. The van der Waals surface area contributed by atoms with Gasteiger partial charge in [0.15, 0.2) is 0 Å². The first kappa shape index (κ1) is 19.6. The Labute approximate surface area is 175 Å². The van der Waals surface area contributed by atoms with Crippen LogP contribution < -0.4 is 10.6 Å². The number of hydrogen-bond acceptors (Lipinski definition) is 5. The van der Waals surface area contributed by atoms with Gasteiger partial charge in [-0.15, -0.1) is 0 Å². The van der Waals surface area contributed by atoms with Gasteiger partial charge in [0.05, 0.1) is 11.4 Å². The van der Waals surface area contributed by atoms with Gasteiger partial charge in [-0.05, 0) is 60.9 Å². The van der Waals surface area contributed by atoms with Gasteiger partial charge in [0.25, 0.3) is 5.91 Å². The third-order valence-corrected chi connectivity index (χ3v) is 4.93. The van der Waals surface area contributed by atoms with Crippen LogP contribution in [-0.4, -0.2) is 32.9 Å². The summed E-state index contributed by atoms with van der Waals surface area (Å²) in [6.45, 7) is 4.16. The summed E-state index contributed by atoms with van der Waals surface area (Å²) in [5, 5.41) is 6.86. The number of pyridine rings is 1. The lowest BCUT2D eigenvalue weighted by Gasteiger charge is -2.08. The first-order chi connectivity index (χ1) is 14.6. The van der Waals surface area contributed by atoms with Gasteiger partial charge in [0.1, 0.15) is 5.69 Å². The minimum atomic E-state index is -0.144. The lowest BCUT2D eigenvalue weighted by Crippen LogP contribution is -2.17. The van der Waals surface area contributed by atoms with E-state index in [1.54, 1.807) is 13.2 Å². The van der Waals surface area contributed by atoms with Gasteiger partial charge < -0.3 is 15.6 Å². The number of H-pyrrole nitrogens is 1. The Kier molecular flexibility index (Phi) is 5.43. The first-order valence-electron chi connectivity index (χ1n) is 9.98. The van der Waals surface area contributed by atoms with Gasteiger partial charge in [-0.25, -0.2) is 9.97 Å². The smallest absolute Gasteiger partial charge is 0.267 e. The molecule has 3 N–H and O–H groups in total. The number of nitrogens with one attached hydrogen (secondary N) is 3. The van der Waals surface area contributed by atoms with Crippen molar-refractivity contribution in [2.75, 3.05) is 12.4 Å². The Morgan fingerprint density at radius 3 is 2.70 bits per heavy atom. The molecule has 1 aromatic carbocycles. The fourth-order valence-electron chi connectivity index (χ4n) is 3.50. The van der Waals surface area contributed by atoms with Gasteiger partial charge in [-0.2, -0.15) is 0 Å². The first-order valence-corrected chi connectivity index (χ1v) is 9.98. The van der Waals surface area contributed by atoms with E-state index in [9.17, 15) is 4.79 Å². The van der Waals surface area contributed by atoms with Crippen molar-refractivity contribution in [2.24, 2.45) is 0 Å². The molecule has 0 radical (unpaired) electrons. The minimum Gasteiger partial charge on any atom is -0.354 e. The summed E-state index contributed by atoms with van der Waals surface area (Å²) >= 11 is 0. The molecule has 4 aromatic rings. The predicted octanol–water partition coefficient (Wildman–Crippen LogP) is 4.38. The van der Waals surface area contributed by atoms with Crippen LogP contribution in [0.1, 0.15) is 35.0 Å². The number of carbonyl (C=O) groups is 1. The number of carbonyl (C=O) groups excluding carboxylic acids is 1. The highest BCUT2D eigenvalue weighted by atomic mass is 16.1. The highest BCUT2D eigenvalue weighted by molar-refractivity contribution is 5.99. The Morgan fingerprint density at radius 1 is 1.07 bits per heavy atom. The van der Waals surface area contributed by atoms with Crippen LogP contribution in [0.15, 0.2) is 48.8 Å². The van der Waals surface area contributed by atoms with Crippen LogP contribution in [0.4, 0.5) is 11.6 Å². The Hall–Kier alpha value is -3.74. The number of aromatic nitrogens is 4. The zero-order valence-corrected chi connectivity index (χ0v) is 17.3. The van der Waals surface area contributed by atoms with Crippen LogP contribution in [0.3, 0.4) is 0 Å². The van der Waals surface area contributed by atoms with Crippen molar-refractivity contribution >= 4 is 28.4 Å². The lowest BCUT2D eigenvalue weighted by atomic mass is 10.1. The fraction of sp³-hybridized carbons (Fsp3) is 0.217. The van der Waals surface area contributed by atoms with Crippen molar-refractivity contribution in [3.63, 3.8) is 0 Å². The zero-order valence-electron chi connectivity index (χ0n) is 17.3. The van der Waals surface area contributed by atoms with Crippen LogP contribution in [0.25, 0.3) is 22.3 Å². The third kappa shape index (κ3) is 4.00. The van der Waals surface area contributed by atoms with Gasteiger partial charge in [0, 0.05) is 36.0 Å². The highest BCUT2D eigenvalue weighted by Crippen LogP contribution is 2.26. The number of benzene rings is 1. The van der Waals surface area contributed by atoms with E-state index in [1.165, 1.54) is 5.56 Å². The number of aryl methyl sites for hydroxylation is 2. The van der Waals surface area contributed by atoms with Crippen LogP contribution in [-0.2, 0) is 6.42 Å². The summed E-state index contributed by atoms with van der Waals surface area (Å²) in [6.07, 6.45) is 5.65. The number of nitrogens with zero attached hydrogens (tertiary/aromatic N) is 3. The monoisotopic (exact) mass is 400 g/mol. The summed E-state index contributed by atoms with van der Waals surface area (Å²) in [7, 11) is 1.62. The Balaban J connectivity index is 1.63. The number of hydrogen-bond donors (Lipinski definition) is 3. The van der Waals surface area contributed by atoms with Crippen molar-refractivity contribution in [1.82, 2.24) is 25.3 Å². The van der Waals surface area contributed by atoms with Gasteiger partial charge in [0.2, 0.25) is 5.95 Å². The summed E-state index contributed by atoms with van der Waals surface area (Å²) in [4.78, 5) is 28.6. The van der Waals surface area contributed by atoms with Crippen molar-refractivity contribution in [1.29, 1.82) is 0 Å². The highest BCUT2D eigenvalue weighted by Gasteiger charge is 2.11. The molecule has 4 rings (SSSR count). The summed E-state index contributed by atoms with van der Waals surface area (Å²) in [5.74, 6) is 0.352. The molecule has 0 aliphatic carbocycles. The minimum absolute atomic E-state index is 0.144. The van der Waals surface area contributed by atoms with Gasteiger partial charge >= 0.3 is 0 Å². The second-order valence-corrected chi connectivity index (χ2v) is 7.21. The van der Waals surface area contributed by atoms with E-state index in [2.05, 4.69) is 43.6 Å². The van der Waals surface area contributed by atoms with Crippen molar-refractivity contribution < 1.29 is 4.79 Å². The van der Waals surface area contributed by atoms with Crippen molar-refractivity contribution in [3.05, 3.63) is 65.6 Å². The zero-order chi connectivity index (χ0) is 21.1. The molecule has 0 aliphatic rings. The molecule has 0 aliphatic heterocycles. The molecule has 0 saturated carbocycles. The number of rotatable bonds is 6. The normalized spacial score (nSPS) is 10.9. The number of anilines is 2. The van der Waals surface area contributed by atoms with Gasteiger partial charge in [-0.3, -0.25) is 9.78 Å². The molecule has 1 amide bonds. The lowest BCUT2D eigenvalue weighted by molar-refractivity contribution is 0.0959. The molecular weight excluding hydrogens is 376 g/mol. The van der Waals surface area contributed by atoms with Crippen LogP contribution in [0.5, 0.6) is 0 Å². The quantitative estimate of drug-likeness (QED) is 0.446. The van der Waals surface area contributed by atoms with E-state index in [-0.39, 0.29) is 5.91 Å². The standard InChI is InChI=1S/C23H24N6O/c1-4-5-15-6-8-25-19(11-15)18-7-9-26-23(29-18)27-17-10-14(2)21-16(12-17)13-20(28-21)22(30)24-3/h6-13,28H,4-5H2,1-3H3,(H,24,30)(H,26,27,29). The van der Waals surface area contributed by atoms with Crippen LogP contribution in [0.2, 0.25) is 0 Å². The second kappa shape index (κ2) is 8.32. The molecule has 3 heterocycles. The number of fused-ring (bicyclic) bond motifs is 1. The molecule has 0 fully saturated rings. The molecule has 3 aromatic heterocycles. The van der Waals surface area contributed by atoms with E-state index in [1.807, 2.05) is 43.5 Å². The molecule has 0 atom stereocenters. The summed E-state index contributed by atoms with van der Waals surface area (Å²) in [6, 6.07) is 11.8. The average Bonchev–Trinajstić information content (AvgIpc) is 3.19. The predicted molar refractivity (Wildman–Crippen MR) is 119 cm³/mol. The van der Waals surface area contributed by atoms with Crippen molar-refractivity contribution in [2.45, 2.75) is 26.7 Å². The van der Waals surface area contributed by atoms with Gasteiger partial charge in [-0.1, -0.05) is 13.3 Å². The molecule has 0 spiro atoms. The second-order valence-electron chi connectivity index (χ2n) is 7.21. The number of aromatic amines is 1. The maximum atomic E-state index is 11.9. The molecular formula is C23H24N6O. The van der Waals surface area contributed by atoms with E-state index in [4.69, 9.17) is 0 Å². The Morgan fingerprint density at radius 2 is 1.90 bits per heavy atom. The summed E-state index contributed by atoms with van der Waals surface area (Å²) < 4.78 is 0. The number of amides is 1. The topological polar surface area (TPSA) is 95.6 Å². The fourth-order valence-corrected chi connectivity index (χ4v) is 3.50. The maximum absolute atomic E-state index is 11.9. The largest absolute Gasteiger partial charge is 0.354 e. The van der Waals surface area contributed by atoms with E-state index >= 15 is 0 Å². The molecule has 152 valence electrons. The van der Waals surface area contributed by atoms with Crippen molar-refractivity contribution in [3.8, 4) is 11.4 Å². The van der Waals surface area contributed by atoms with E-state index in [0.717, 1.165) is 46.4 Å². The van der Waals surface area contributed by atoms with Crippen LogP contribution >= 0.6 is 0 Å². The Bertz CT molecular complexity index is 1210. The molecule has 7 nitrogen and oxygen atoms in total. The van der Waals surface area contributed by atoms with E-state index < -0.39 is 0 Å². The molecule has 7 heteroatoms. The summed E-state index contributed by atoms with van der Waals surface area (Å²) in [5.41, 5.74) is 6.19. The molecule has 0 unspecified atom stereocenters.